The van der Waals surface area contributed by atoms with E-state index in [4.69, 9.17) is 0 Å². The van der Waals surface area contributed by atoms with Gasteiger partial charge in [-0.05, 0) is 24.6 Å². The third-order valence-corrected chi connectivity index (χ3v) is 6.50. The van der Waals surface area contributed by atoms with Gasteiger partial charge in [-0.3, -0.25) is 10.1 Å². The fourth-order valence-electron chi connectivity index (χ4n) is 1.28. The summed E-state index contributed by atoms with van der Waals surface area (Å²) in [5, 5.41) is 20.5. The van der Waals surface area contributed by atoms with Crippen LogP contribution >= 0.6 is 15.9 Å². The van der Waals surface area contributed by atoms with Gasteiger partial charge >= 0.3 is 0 Å². The normalized spacial score (nSPS) is 16.9. The Labute approximate surface area is 113 Å². The first-order valence-corrected chi connectivity index (χ1v) is 7.56. The molecule has 0 bridgehead atoms. The van der Waals surface area contributed by atoms with Crippen LogP contribution in [0, 0.1) is 10.1 Å². The van der Waals surface area contributed by atoms with Gasteiger partial charge in [0.25, 0.3) is 5.69 Å². The number of hydrogen-bond donors (Lipinski definition) is 1. The molecule has 1 aromatic carbocycles. The van der Waals surface area contributed by atoms with Gasteiger partial charge in [0.1, 0.15) is 6.10 Å². The third kappa shape index (κ3) is 2.88. The number of sulfone groups is 1. The van der Waals surface area contributed by atoms with Gasteiger partial charge in [-0.15, -0.1) is 0 Å². The maximum absolute atomic E-state index is 11.5. The maximum atomic E-state index is 11.5. The van der Waals surface area contributed by atoms with Crippen molar-refractivity contribution < 1.29 is 18.4 Å². The van der Waals surface area contributed by atoms with E-state index in [-0.39, 0.29) is 11.3 Å². The summed E-state index contributed by atoms with van der Waals surface area (Å²) in [4.78, 5) is 9.91. The van der Waals surface area contributed by atoms with E-state index in [9.17, 15) is 23.6 Å². The molecule has 0 aliphatic heterocycles. The molecular formula is C10H12BrNO5S. The predicted octanol–water partition coefficient (Wildman–Crippen LogP) is 1.78. The minimum atomic E-state index is -3.54. The Morgan fingerprint density at radius 2 is 1.83 bits per heavy atom. The number of nitro benzene ring substituents is 1. The van der Waals surface area contributed by atoms with Crippen LogP contribution in [-0.4, -0.2) is 28.4 Å². The molecule has 100 valence electrons. The number of benzene rings is 1. The molecular weight excluding hydrogens is 326 g/mol. The first-order valence-electron chi connectivity index (χ1n) is 4.88. The lowest BCUT2D eigenvalue weighted by atomic mass is 10.1. The van der Waals surface area contributed by atoms with Gasteiger partial charge in [-0.2, -0.15) is 0 Å². The summed E-state index contributed by atoms with van der Waals surface area (Å²) in [5.41, 5.74) is 0.159. The topological polar surface area (TPSA) is 97.5 Å². The van der Waals surface area contributed by atoms with Gasteiger partial charge in [0.2, 0.25) is 0 Å². The molecule has 0 radical (unpaired) electrons. The number of nitrogens with zero attached hydrogens (tertiary/aromatic N) is 1. The van der Waals surface area contributed by atoms with Crippen molar-refractivity contribution in [2.75, 3.05) is 6.26 Å². The number of nitro groups is 1. The van der Waals surface area contributed by atoms with Crippen LogP contribution in [0.5, 0.6) is 0 Å². The van der Waals surface area contributed by atoms with Gasteiger partial charge in [-0.25, -0.2) is 8.42 Å². The molecule has 1 aromatic rings. The number of aliphatic hydroxyl groups excluding tert-OH is 1. The standard InChI is InChI=1S/C10H12BrNO5S/c1-10(11,18(2,16)17)9(13)7-3-5-8(6-4-7)12(14)15/h3-6,9,13H,1-2H3. The summed E-state index contributed by atoms with van der Waals surface area (Å²) in [7, 11) is -3.54. The van der Waals surface area contributed by atoms with E-state index in [0.29, 0.717) is 0 Å². The Morgan fingerprint density at radius 3 is 2.17 bits per heavy atom. The van der Waals surface area contributed by atoms with E-state index >= 15 is 0 Å². The molecule has 0 aliphatic carbocycles. The highest BCUT2D eigenvalue weighted by atomic mass is 79.9. The second-order valence-electron chi connectivity index (χ2n) is 4.01. The Bertz CT molecular complexity index is 552. The average molecular weight is 338 g/mol. The lowest BCUT2D eigenvalue weighted by Gasteiger charge is -2.26. The molecule has 0 saturated heterocycles. The number of aliphatic hydroxyl groups is 1. The lowest BCUT2D eigenvalue weighted by Crippen LogP contribution is -2.34. The van der Waals surface area contributed by atoms with Crippen molar-refractivity contribution in [3.63, 3.8) is 0 Å². The van der Waals surface area contributed by atoms with Crippen LogP contribution in [0.1, 0.15) is 18.6 Å². The Hall–Kier alpha value is -0.990. The van der Waals surface area contributed by atoms with E-state index < -0.39 is 24.5 Å². The molecule has 1 N–H and O–H groups in total. The number of alkyl halides is 1. The Morgan fingerprint density at radius 1 is 1.39 bits per heavy atom. The fraction of sp³-hybridized carbons (Fsp3) is 0.400. The molecule has 0 amide bonds. The van der Waals surface area contributed by atoms with Crippen molar-refractivity contribution in [1.29, 1.82) is 0 Å². The molecule has 0 aliphatic rings. The molecule has 8 heteroatoms. The predicted molar refractivity (Wildman–Crippen MR) is 70.2 cm³/mol. The van der Waals surface area contributed by atoms with E-state index in [1.54, 1.807) is 0 Å². The molecule has 1 rings (SSSR count). The minimum absolute atomic E-state index is 0.124. The zero-order valence-electron chi connectivity index (χ0n) is 9.70. The van der Waals surface area contributed by atoms with Crippen LogP contribution < -0.4 is 0 Å². The lowest BCUT2D eigenvalue weighted by molar-refractivity contribution is -0.384. The molecule has 0 saturated carbocycles. The summed E-state index contributed by atoms with van der Waals surface area (Å²) in [6.45, 7) is 1.33. The third-order valence-electron chi connectivity index (χ3n) is 2.63. The smallest absolute Gasteiger partial charge is 0.269 e. The largest absolute Gasteiger partial charge is 0.386 e. The van der Waals surface area contributed by atoms with Crippen molar-refractivity contribution in [3.8, 4) is 0 Å². The summed E-state index contributed by atoms with van der Waals surface area (Å²) < 4.78 is 21.5. The van der Waals surface area contributed by atoms with E-state index in [1.165, 1.54) is 31.2 Å². The second-order valence-corrected chi connectivity index (χ2v) is 8.57. The Balaban J connectivity index is 3.12. The molecule has 18 heavy (non-hydrogen) atoms. The molecule has 0 aromatic heterocycles. The zero-order chi connectivity index (χ0) is 14.1. The summed E-state index contributed by atoms with van der Waals surface area (Å²) in [5.74, 6) is 0. The van der Waals surface area contributed by atoms with Crippen LogP contribution in [-0.2, 0) is 9.84 Å². The SMILES string of the molecule is CC(Br)(C(O)c1ccc([N+](=O)[O-])cc1)S(C)(=O)=O. The second kappa shape index (κ2) is 4.94. The van der Waals surface area contributed by atoms with Gasteiger partial charge < -0.3 is 5.11 Å². The first-order chi connectivity index (χ1) is 8.07. The molecule has 6 nitrogen and oxygen atoms in total. The zero-order valence-corrected chi connectivity index (χ0v) is 12.1. The maximum Gasteiger partial charge on any atom is 0.269 e. The molecule has 0 spiro atoms. The monoisotopic (exact) mass is 337 g/mol. The quantitative estimate of drug-likeness (QED) is 0.513. The van der Waals surface area contributed by atoms with Crippen molar-refractivity contribution >= 4 is 31.5 Å². The van der Waals surface area contributed by atoms with Gasteiger partial charge in [-0.1, -0.05) is 15.9 Å². The van der Waals surface area contributed by atoms with E-state index in [2.05, 4.69) is 15.9 Å². The molecule has 2 unspecified atom stereocenters. The number of halogens is 1. The fourth-order valence-corrected chi connectivity index (χ4v) is 2.08. The van der Waals surface area contributed by atoms with Gasteiger partial charge in [0, 0.05) is 18.4 Å². The molecule has 0 heterocycles. The van der Waals surface area contributed by atoms with Crippen molar-refractivity contribution in [3.05, 3.63) is 39.9 Å². The van der Waals surface area contributed by atoms with Crippen molar-refractivity contribution in [1.82, 2.24) is 0 Å². The van der Waals surface area contributed by atoms with Gasteiger partial charge in [0.15, 0.2) is 13.5 Å². The highest BCUT2D eigenvalue weighted by Gasteiger charge is 2.41. The summed E-state index contributed by atoms with van der Waals surface area (Å²) >= 11 is 2.98. The number of rotatable bonds is 4. The summed E-state index contributed by atoms with van der Waals surface area (Å²) in [6, 6.07) is 5.08. The average Bonchev–Trinajstić information content (AvgIpc) is 2.26. The summed E-state index contributed by atoms with van der Waals surface area (Å²) in [6.07, 6.45) is -0.329. The van der Waals surface area contributed by atoms with Crippen LogP contribution in [0.2, 0.25) is 0 Å². The van der Waals surface area contributed by atoms with E-state index in [1.807, 2.05) is 0 Å². The minimum Gasteiger partial charge on any atom is -0.386 e. The van der Waals surface area contributed by atoms with E-state index in [0.717, 1.165) is 6.26 Å². The van der Waals surface area contributed by atoms with Crippen LogP contribution in [0.25, 0.3) is 0 Å². The highest BCUT2D eigenvalue weighted by molar-refractivity contribution is 9.11. The first kappa shape index (κ1) is 15.1. The van der Waals surface area contributed by atoms with Crippen LogP contribution in [0.15, 0.2) is 24.3 Å². The van der Waals surface area contributed by atoms with Crippen molar-refractivity contribution in [2.24, 2.45) is 0 Å². The van der Waals surface area contributed by atoms with Gasteiger partial charge in [0.05, 0.1) is 4.92 Å². The number of non-ortho nitro benzene ring substituents is 1. The Kier molecular flexibility index (Phi) is 4.14. The molecule has 0 fully saturated rings. The number of hydrogen-bond acceptors (Lipinski definition) is 5. The van der Waals surface area contributed by atoms with Crippen LogP contribution in [0.4, 0.5) is 5.69 Å². The molecule has 2 atom stereocenters. The highest BCUT2D eigenvalue weighted by Crippen LogP contribution is 2.38. The van der Waals surface area contributed by atoms with Crippen LogP contribution in [0.3, 0.4) is 0 Å². The van der Waals surface area contributed by atoms with Crippen molar-refractivity contribution in [2.45, 2.75) is 16.7 Å².